The van der Waals surface area contributed by atoms with Gasteiger partial charge < -0.3 is 14.7 Å². The van der Waals surface area contributed by atoms with Crippen molar-refractivity contribution in [2.24, 2.45) is 0 Å². The van der Waals surface area contributed by atoms with E-state index in [0.29, 0.717) is 22.5 Å². The van der Waals surface area contributed by atoms with Gasteiger partial charge in [-0.25, -0.2) is 14.6 Å². The highest BCUT2D eigenvalue weighted by molar-refractivity contribution is 7.99. The van der Waals surface area contributed by atoms with Crippen LogP contribution in [0.5, 0.6) is 0 Å². The highest BCUT2D eigenvalue weighted by Gasteiger charge is 2.34. The van der Waals surface area contributed by atoms with Gasteiger partial charge in [-0.3, -0.25) is 10.1 Å². The van der Waals surface area contributed by atoms with Crippen LogP contribution in [-0.4, -0.2) is 57.2 Å². The molecule has 10 heteroatoms. The summed E-state index contributed by atoms with van der Waals surface area (Å²) in [4.78, 5) is 41.9. The van der Waals surface area contributed by atoms with Crippen LogP contribution in [0.3, 0.4) is 0 Å². The fourth-order valence-electron chi connectivity index (χ4n) is 4.32. The first-order valence-electron chi connectivity index (χ1n) is 10.7. The van der Waals surface area contributed by atoms with E-state index in [0.717, 1.165) is 22.3 Å². The highest BCUT2D eigenvalue weighted by atomic mass is 32.2. The highest BCUT2D eigenvalue weighted by Crippen LogP contribution is 2.44. The van der Waals surface area contributed by atoms with Crippen molar-refractivity contribution < 1.29 is 24.2 Å². The second kappa shape index (κ2) is 9.47. The van der Waals surface area contributed by atoms with Gasteiger partial charge >= 0.3 is 12.1 Å². The minimum atomic E-state index is -1.01. The van der Waals surface area contributed by atoms with E-state index >= 15 is 0 Å². The summed E-state index contributed by atoms with van der Waals surface area (Å²) in [6.45, 7) is 0.194. The molecule has 2 N–H and O–H groups in total. The normalized spacial score (nSPS) is 16.7. The number of nitrogens with zero attached hydrogens (tertiary/aromatic N) is 2. The number of hydrogen-bond donors (Lipinski definition) is 2. The standard InChI is InChI=1S/C24H21N3O5S2/c28-21(27-13-33-12-20(27)22(29)30)9-14-11-34-23(25-14)26-24(31)32-10-19-17-7-3-1-5-15(17)16-6-2-4-8-18(16)19/h1-8,11,19-20H,9-10,12-13H2,(H,29,30)(H,25,26,31)/t20-/m0/s1. The molecule has 8 nitrogen and oxygen atoms in total. The number of benzene rings is 2. The number of nitrogens with one attached hydrogen (secondary N) is 1. The topological polar surface area (TPSA) is 109 Å². The lowest BCUT2D eigenvalue weighted by Gasteiger charge is -2.19. The van der Waals surface area contributed by atoms with Crippen LogP contribution in [-0.2, 0) is 20.7 Å². The van der Waals surface area contributed by atoms with Crippen LogP contribution in [0, 0.1) is 0 Å². The Morgan fingerprint density at radius 3 is 2.44 bits per heavy atom. The molecule has 174 valence electrons. The Hall–Kier alpha value is -3.37. The molecule has 1 aromatic heterocycles. The Morgan fingerprint density at radius 2 is 1.76 bits per heavy atom. The minimum absolute atomic E-state index is 0.0206. The molecule has 5 rings (SSSR count). The van der Waals surface area contributed by atoms with Crippen molar-refractivity contribution in [3.63, 3.8) is 0 Å². The minimum Gasteiger partial charge on any atom is -0.480 e. The maximum atomic E-state index is 12.5. The molecule has 2 aromatic carbocycles. The lowest BCUT2D eigenvalue weighted by molar-refractivity contribution is -0.147. The molecular weight excluding hydrogens is 474 g/mol. The van der Waals surface area contributed by atoms with Gasteiger partial charge in [0.05, 0.1) is 18.0 Å². The van der Waals surface area contributed by atoms with Gasteiger partial charge in [-0.15, -0.1) is 23.1 Å². The Labute approximate surface area is 204 Å². The molecule has 1 atom stereocenters. The number of carboxylic acid groups (broad SMARTS) is 1. The monoisotopic (exact) mass is 495 g/mol. The average molecular weight is 496 g/mol. The number of aromatic nitrogens is 1. The van der Waals surface area contributed by atoms with Gasteiger partial charge in [0.25, 0.3) is 0 Å². The van der Waals surface area contributed by atoms with Gasteiger partial charge in [0.15, 0.2) is 5.13 Å². The first kappa shape index (κ1) is 22.4. The molecule has 2 amide bonds. The summed E-state index contributed by atoms with van der Waals surface area (Å²) in [5, 5.41) is 13.9. The zero-order valence-electron chi connectivity index (χ0n) is 18.0. The molecule has 1 aliphatic carbocycles. The molecule has 0 radical (unpaired) electrons. The van der Waals surface area contributed by atoms with E-state index in [4.69, 9.17) is 4.74 Å². The third-order valence-electron chi connectivity index (χ3n) is 5.92. The molecule has 0 spiro atoms. The van der Waals surface area contributed by atoms with Crippen LogP contribution in [0.4, 0.5) is 9.93 Å². The summed E-state index contributed by atoms with van der Waals surface area (Å²) in [7, 11) is 0. The van der Waals surface area contributed by atoms with E-state index in [1.807, 2.05) is 24.3 Å². The van der Waals surface area contributed by atoms with Gasteiger partial charge in [0, 0.05) is 17.1 Å². The Morgan fingerprint density at radius 1 is 1.09 bits per heavy atom. The molecule has 2 heterocycles. The third kappa shape index (κ3) is 4.38. The van der Waals surface area contributed by atoms with Crippen molar-refractivity contribution in [1.82, 2.24) is 9.88 Å². The first-order chi connectivity index (χ1) is 16.5. The van der Waals surface area contributed by atoms with E-state index < -0.39 is 18.1 Å². The lowest BCUT2D eigenvalue weighted by Crippen LogP contribution is -2.42. The van der Waals surface area contributed by atoms with Crippen LogP contribution in [0.1, 0.15) is 22.7 Å². The number of aliphatic carboxylic acids is 1. The van der Waals surface area contributed by atoms with Gasteiger partial charge in [0.1, 0.15) is 12.6 Å². The maximum absolute atomic E-state index is 12.5. The molecule has 0 unspecified atom stereocenters. The fraction of sp³-hybridized carbons (Fsp3) is 0.250. The fourth-order valence-corrected chi connectivity index (χ4v) is 6.18. The van der Waals surface area contributed by atoms with E-state index in [-0.39, 0.29) is 24.9 Å². The Balaban J connectivity index is 1.18. The summed E-state index contributed by atoms with van der Waals surface area (Å²) in [5.74, 6) is -0.606. The summed E-state index contributed by atoms with van der Waals surface area (Å²) >= 11 is 2.60. The van der Waals surface area contributed by atoms with Crippen LogP contribution in [0.25, 0.3) is 11.1 Å². The molecule has 3 aromatic rings. The molecule has 0 saturated carbocycles. The number of amides is 2. The SMILES string of the molecule is O=C(Nc1nc(CC(=O)N2CSC[C@H]2C(=O)O)cs1)OCC1c2ccccc2-c2ccccc21. The molecule has 34 heavy (non-hydrogen) atoms. The number of carbonyl (C=O) groups is 3. The number of ether oxygens (including phenoxy) is 1. The second-order valence-electron chi connectivity index (χ2n) is 7.99. The van der Waals surface area contributed by atoms with Crippen molar-refractivity contribution in [1.29, 1.82) is 0 Å². The van der Waals surface area contributed by atoms with E-state index in [1.165, 1.54) is 28.0 Å². The summed E-state index contributed by atoms with van der Waals surface area (Å²) < 4.78 is 5.53. The number of rotatable bonds is 6. The van der Waals surface area contributed by atoms with Crippen LogP contribution in [0.15, 0.2) is 53.9 Å². The zero-order valence-corrected chi connectivity index (χ0v) is 19.6. The van der Waals surface area contributed by atoms with Crippen molar-refractivity contribution >= 4 is 46.2 Å². The smallest absolute Gasteiger partial charge is 0.413 e. The predicted octanol–water partition coefficient (Wildman–Crippen LogP) is 4.03. The van der Waals surface area contributed by atoms with Crippen LogP contribution in [0.2, 0.25) is 0 Å². The maximum Gasteiger partial charge on any atom is 0.413 e. The van der Waals surface area contributed by atoms with Crippen LogP contribution < -0.4 is 5.32 Å². The molecular formula is C24H21N3O5S2. The summed E-state index contributed by atoms with van der Waals surface area (Å²) in [6.07, 6.45) is -0.635. The average Bonchev–Trinajstić information content (AvgIpc) is 3.56. The summed E-state index contributed by atoms with van der Waals surface area (Å²) in [6, 6.07) is 15.4. The zero-order chi connectivity index (χ0) is 23.7. The molecule has 0 bridgehead atoms. The number of thiazole rings is 1. The largest absolute Gasteiger partial charge is 0.480 e. The van der Waals surface area contributed by atoms with Crippen molar-refractivity contribution in [3.8, 4) is 11.1 Å². The number of carboxylic acids is 1. The second-order valence-corrected chi connectivity index (χ2v) is 9.85. The van der Waals surface area contributed by atoms with Gasteiger partial charge in [-0.05, 0) is 22.3 Å². The van der Waals surface area contributed by atoms with Gasteiger partial charge in [0.2, 0.25) is 5.91 Å². The molecule has 2 aliphatic rings. The van der Waals surface area contributed by atoms with Crippen molar-refractivity contribution in [2.75, 3.05) is 23.6 Å². The quantitative estimate of drug-likeness (QED) is 0.531. The molecule has 1 fully saturated rings. The summed E-state index contributed by atoms with van der Waals surface area (Å²) in [5.41, 5.74) is 5.05. The van der Waals surface area contributed by atoms with E-state index in [9.17, 15) is 19.5 Å². The van der Waals surface area contributed by atoms with Gasteiger partial charge in [-0.1, -0.05) is 48.5 Å². The Bertz CT molecular complexity index is 1220. The van der Waals surface area contributed by atoms with Crippen molar-refractivity contribution in [3.05, 3.63) is 70.7 Å². The number of fused-ring (bicyclic) bond motifs is 3. The number of carbonyl (C=O) groups excluding carboxylic acids is 2. The first-order valence-corrected chi connectivity index (χ1v) is 12.7. The van der Waals surface area contributed by atoms with Crippen molar-refractivity contribution in [2.45, 2.75) is 18.4 Å². The Kier molecular flexibility index (Phi) is 6.25. The lowest BCUT2D eigenvalue weighted by atomic mass is 9.98. The number of thioether (sulfide) groups is 1. The predicted molar refractivity (Wildman–Crippen MR) is 130 cm³/mol. The van der Waals surface area contributed by atoms with Crippen LogP contribution >= 0.6 is 23.1 Å². The molecule has 1 aliphatic heterocycles. The third-order valence-corrected chi connectivity index (χ3v) is 7.74. The number of anilines is 1. The van der Waals surface area contributed by atoms with E-state index in [1.54, 1.807) is 5.38 Å². The van der Waals surface area contributed by atoms with Gasteiger partial charge in [-0.2, -0.15) is 0 Å². The number of hydrogen-bond acceptors (Lipinski definition) is 7. The molecule has 1 saturated heterocycles. The van der Waals surface area contributed by atoms with E-state index in [2.05, 4.69) is 34.6 Å².